The highest BCUT2D eigenvalue weighted by atomic mass is 14.9. The molecule has 1 saturated carbocycles. The third kappa shape index (κ3) is 1.70. The van der Waals surface area contributed by atoms with Crippen LogP contribution in [0.15, 0.2) is 34.7 Å². The minimum atomic E-state index is -0.00352. The highest BCUT2D eigenvalue weighted by molar-refractivity contribution is 5.48. The van der Waals surface area contributed by atoms with E-state index in [1.54, 1.807) is 0 Å². The van der Waals surface area contributed by atoms with E-state index < -0.39 is 0 Å². The lowest BCUT2D eigenvalue weighted by atomic mass is 9.72. The van der Waals surface area contributed by atoms with Crippen molar-refractivity contribution in [1.29, 1.82) is 10.5 Å². The molecule has 3 aliphatic rings. The van der Waals surface area contributed by atoms with Gasteiger partial charge in [-0.25, -0.2) is 0 Å². The van der Waals surface area contributed by atoms with Crippen LogP contribution in [0.5, 0.6) is 0 Å². The van der Waals surface area contributed by atoms with Gasteiger partial charge in [0.15, 0.2) is 0 Å². The SMILES string of the molecule is CC1=C(C#N)C(C2CC3C=CC2C3)C(C#N)=C(C)N1. The summed E-state index contributed by atoms with van der Waals surface area (Å²) in [7, 11) is 0. The Labute approximate surface area is 113 Å². The summed E-state index contributed by atoms with van der Waals surface area (Å²) in [5.41, 5.74) is 3.34. The number of hydrogen-bond donors (Lipinski definition) is 1. The summed E-state index contributed by atoms with van der Waals surface area (Å²) in [6.07, 6.45) is 6.90. The number of dihydropyridines is 1. The summed E-state index contributed by atoms with van der Waals surface area (Å²) in [5.74, 6) is 1.62. The predicted molar refractivity (Wildman–Crippen MR) is 72.1 cm³/mol. The van der Waals surface area contributed by atoms with Crippen molar-refractivity contribution in [2.75, 3.05) is 0 Å². The fourth-order valence-electron chi connectivity index (χ4n) is 3.97. The van der Waals surface area contributed by atoms with Gasteiger partial charge in [-0.2, -0.15) is 10.5 Å². The molecular formula is C16H17N3. The zero-order chi connectivity index (χ0) is 13.6. The van der Waals surface area contributed by atoms with E-state index in [-0.39, 0.29) is 5.92 Å². The number of fused-ring (bicyclic) bond motifs is 2. The van der Waals surface area contributed by atoms with E-state index in [0.29, 0.717) is 17.8 Å². The van der Waals surface area contributed by atoms with E-state index in [0.717, 1.165) is 29.0 Å². The summed E-state index contributed by atoms with van der Waals surface area (Å²) in [6, 6.07) is 4.67. The van der Waals surface area contributed by atoms with E-state index in [2.05, 4.69) is 29.6 Å². The number of nitrogens with zero attached hydrogens (tertiary/aromatic N) is 2. The Balaban J connectivity index is 2.05. The summed E-state index contributed by atoms with van der Waals surface area (Å²) in [5, 5.41) is 22.1. The van der Waals surface area contributed by atoms with Gasteiger partial charge in [0.2, 0.25) is 0 Å². The first-order valence-electron chi connectivity index (χ1n) is 6.82. The number of hydrogen-bond acceptors (Lipinski definition) is 3. The van der Waals surface area contributed by atoms with E-state index >= 15 is 0 Å². The number of nitrogens with one attached hydrogen (secondary N) is 1. The summed E-state index contributed by atoms with van der Waals surface area (Å²) in [6.45, 7) is 3.87. The van der Waals surface area contributed by atoms with E-state index in [9.17, 15) is 10.5 Å². The molecule has 2 bridgehead atoms. The van der Waals surface area contributed by atoms with Gasteiger partial charge in [-0.15, -0.1) is 0 Å². The zero-order valence-corrected chi connectivity index (χ0v) is 11.3. The minimum Gasteiger partial charge on any atom is -0.361 e. The molecule has 0 aromatic heterocycles. The largest absolute Gasteiger partial charge is 0.361 e. The quantitative estimate of drug-likeness (QED) is 0.729. The van der Waals surface area contributed by atoms with E-state index in [4.69, 9.17) is 0 Å². The van der Waals surface area contributed by atoms with Crippen molar-refractivity contribution in [1.82, 2.24) is 5.32 Å². The maximum atomic E-state index is 9.46. The molecule has 0 radical (unpaired) electrons. The molecule has 3 unspecified atom stereocenters. The molecule has 0 aromatic carbocycles. The molecule has 19 heavy (non-hydrogen) atoms. The van der Waals surface area contributed by atoms with Crippen molar-refractivity contribution in [3.8, 4) is 12.1 Å². The predicted octanol–water partition coefficient (Wildman–Crippen LogP) is 3.01. The molecular weight excluding hydrogens is 234 g/mol. The lowest BCUT2D eigenvalue weighted by molar-refractivity contribution is 0.363. The molecule has 2 aliphatic carbocycles. The van der Waals surface area contributed by atoms with Crippen molar-refractivity contribution < 1.29 is 0 Å². The molecule has 96 valence electrons. The molecule has 0 amide bonds. The standard InChI is InChI=1S/C16H17N3/c1-9-14(7-17)16(15(8-18)10(2)19-9)13-6-11-3-4-12(13)5-11/h3-4,11-13,16,19H,5-6H2,1-2H3. The second kappa shape index (κ2) is 4.28. The maximum absolute atomic E-state index is 9.46. The van der Waals surface area contributed by atoms with Crippen LogP contribution >= 0.6 is 0 Å². The number of nitriles is 2. The smallest absolute Gasteiger partial charge is 0.0972 e. The average molecular weight is 251 g/mol. The Hall–Kier alpha value is -2.00. The first-order chi connectivity index (χ1) is 9.15. The Morgan fingerprint density at radius 3 is 2.11 bits per heavy atom. The van der Waals surface area contributed by atoms with Crippen molar-refractivity contribution in [3.63, 3.8) is 0 Å². The van der Waals surface area contributed by atoms with Crippen LogP contribution < -0.4 is 5.32 Å². The Morgan fingerprint density at radius 1 is 1.05 bits per heavy atom. The van der Waals surface area contributed by atoms with Crippen LogP contribution in [0.3, 0.4) is 0 Å². The third-order valence-electron chi connectivity index (χ3n) is 4.80. The first-order valence-corrected chi connectivity index (χ1v) is 6.82. The van der Waals surface area contributed by atoms with Gasteiger partial charge in [0.05, 0.1) is 23.3 Å². The van der Waals surface area contributed by atoms with Crippen molar-refractivity contribution >= 4 is 0 Å². The molecule has 0 saturated heterocycles. The Morgan fingerprint density at radius 2 is 1.68 bits per heavy atom. The van der Waals surface area contributed by atoms with Crippen LogP contribution in [0.2, 0.25) is 0 Å². The molecule has 3 rings (SSSR count). The molecule has 0 spiro atoms. The monoisotopic (exact) mass is 251 g/mol. The van der Waals surface area contributed by atoms with Crippen LogP contribution in [0, 0.1) is 46.3 Å². The van der Waals surface area contributed by atoms with Crippen LogP contribution in [0.25, 0.3) is 0 Å². The van der Waals surface area contributed by atoms with Gasteiger partial charge in [-0.3, -0.25) is 0 Å². The Bertz CT molecular complexity index is 558. The molecule has 1 fully saturated rings. The van der Waals surface area contributed by atoms with Gasteiger partial charge in [0.25, 0.3) is 0 Å². The highest BCUT2D eigenvalue weighted by Crippen LogP contribution is 2.51. The fraction of sp³-hybridized carbons (Fsp3) is 0.500. The number of rotatable bonds is 1. The van der Waals surface area contributed by atoms with Gasteiger partial charge in [-0.05, 0) is 44.4 Å². The molecule has 1 N–H and O–H groups in total. The third-order valence-corrected chi connectivity index (χ3v) is 4.80. The topological polar surface area (TPSA) is 59.6 Å². The second-order valence-corrected chi connectivity index (χ2v) is 5.85. The van der Waals surface area contributed by atoms with Crippen LogP contribution in [0.1, 0.15) is 26.7 Å². The number of allylic oxidation sites excluding steroid dienone is 6. The minimum absolute atomic E-state index is 0.00352. The molecule has 0 aromatic rings. The lowest BCUT2D eigenvalue weighted by Gasteiger charge is -2.33. The normalized spacial score (nSPS) is 33.4. The maximum Gasteiger partial charge on any atom is 0.0972 e. The summed E-state index contributed by atoms with van der Waals surface area (Å²) < 4.78 is 0. The Kier molecular flexibility index (Phi) is 2.72. The van der Waals surface area contributed by atoms with Crippen LogP contribution in [0.4, 0.5) is 0 Å². The zero-order valence-electron chi connectivity index (χ0n) is 11.3. The van der Waals surface area contributed by atoms with E-state index in [1.165, 1.54) is 6.42 Å². The van der Waals surface area contributed by atoms with Gasteiger partial charge in [0.1, 0.15) is 0 Å². The van der Waals surface area contributed by atoms with Gasteiger partial charge in [-0.1, -0.05) is 12.2 Å². The van der Waals surface area contributed by atoms with Gasteiger partial charge >= 0.3 is 0 Å². The highest BCUT2D eigenvalue weighted by Gasteiger charge is 2.44. The molecule has 3 heteroatoms. The van der Waals surface area contributed by atoms with E-state index in [1.807, 2.05) is 13.8 Å². The second-order valence-electron chi connectivity index (χ2n) is 5.85. The van der Waals surface area contributed by atoms with Crippen molar-refractivity contribution in [3.05, 3.63) is 34.7 Å². The van der Waals surface area contributed by atoms with Crippen molar-refractivity contribution in [2.24, 2.45) is 23.7 Å². The molecule has 1 aliphatic heterocycles. The van der Waals surface area contributed by atoms with Crippen molar-refractivity contribution in [2.45, 2.75) is 26.7 Å². The average Bonchev–Trinajstić information content (AvgIpc) is 3.00. The molecule has 3 atom stereocenters. The van der Waals surface area contributed by atoms with Gasteiger partial charge < -0.3 is 5.32 Å². The fourth-order valence-corrected chi connectivity index (χ4v) is 3.97. The van der Waals surface area contributed by atoms with Gasteiger partial charge in [0, 0.05) is 17.3 Å². The summed E-state index contributed by atoms with van der Waals surface area (Å²) >= 11 is 0. The molecule has 3 nitrogen and oxygen atoms in total. The summed E-state index contributed by atoms with van der Waals surface area (Å²) in [4.78, 5) is 0. The lowest BCUT2D eigenvalue weighted by Crippen LogP contribution is -2.31. The molecule has 1 heterocycles. The van der Waals surface area contributed by atoms with Crippen LogP contribution in [-0.2, 0) is 0 Å². The van der Waals surface area contributed by atoms with Crippen LogP contribution in [-0.4, -0.2) is 0 Å². The first kappa shape index (κ1) is 12.1.